The second-order valence-corrected chi connectivity index (χ2v) is 14.6. The molecule has 4 aliphatic rings. The van der Waals surface area contributed by atoms with Crippen LogP contribution in [0.3, 0.4) is 0 Å². The molecule has 4 N–H and O–H groups in total. The lowest BCUT2D eigenvalue weighted by molar-refractivity contribution is -0.190. The molecule has 9 nitrogen and oxygen atoms in total. The van der Waals surface area contributed by atoms with Crippen molar-refractivity contribution in [1.29, 1.82) is 0 Å². The topological polar surface area (TPSA) is 158 Å². The molecule has 2 fully saturated rings. The number of hydrogen-bond donors (Lipinski definition) is 4. The van der Waals surface area contributed by atoms with Crippen LogP contribution in [0.2, 0.25) is 0 Å². The van der Waals surface area contributed by atoms with Crippen molar-refractivity contribution in [1.82, 2.24) is 0 Å². The van der Waals surface area contributed by atoms with Crippen LogP contribution in [0.15, 0.2) is 35.6 Å². The van der Waals surface area contributed by atoms with E-state index in [1.165, 1.54) is 26.0 Å². The van der Waals surface area contributed by atoms with Crippen LogP contribution >= 0.6 is 0 Å². The molecule has 0 radical (unpaired) electrons. The fraction of sp³-hybridized carbons (Fsp3) is 0.688. The molecule has 0 unspecified atom stereocenters. The Bertz CT molecular complexity index is 1300. The largest absolute Gasteiger partial charge is 0.505 e. The number of allylic oxidation sites excluding steroid dienone is 3. The minimum Gasteiger partial charge on any atom is -0.505 e. The smallest absolute Gasteiger partial charge is 0.303 e. The standard InChI is InChI=1S/C32H44O9/c1-16(33)41-27(2,3)11-10-22(37)32(9,40)25-21(36)14-29(6)24-19(34)12-17-18(13-20(35)26(39)28(17,4)5)31(24,8)23(38)15-30(25,29)7/h10-13,18-19,21,24-25,34-36,40H,14-15H2,1-9H3/b11-10+/t18-,19+,21-,24+,25+,29+,30-,31-,32+/m1/s1. The van der Waals surface area contributed by atoms with Crippen molar-refractivity contribution >= 4 is 23.3 Å². The van der Waals surface area contributed by atoms with Crippen LogP contribution in [0.5, 0.6) is 0 Å². The highest BCUT2D eigenvalue weighted by atomic mass is 16.6. The van der Waals surface area contributed by atoms with Crippen LogP contribution in [-0.2, 0) is 23.9 Å². The number of Topliss-reactive ketones (excluding diaryl/α,β-unsaturated/α-hetero) is 2. The summed E-state index contributed by atoms with van der Waals surface area (Å²) in [7, 11) is 0. The van der Waals surface area contributed by atoms with Gasteiger partial charge in [0.2, 0.25) is 5.78 Å². The summed E-state index contributed by atoms with van der Waals surface area (Å²) >= 11 is 0. The van der Waals surface area contributed by atoms with E-state index in [2.05, 4.69) is 0 Å². The molecule has 0 spiro atoms. The third-order valence-corrected chi connectivity index (χ3v) is 11.1. The second kappa shape index (κ2) is 9.19. The number of ketones is 3. The van der Waals surface area contributed by atoms with Crippen molar-refractivity contribution in [3.05, 3.63) is 35.6 Å². The lowest BCUT2D eigenvalue weighted by Crippen LogP contribution is -2.67. The lowest BCUT2D eigenvalue weighted by Gasteiger charge is -2.64. The van der Waals surface area contributed by atoms with Crippen molar-refractivity contribution in [3.8, 4) is 0 Å². The molecule has 226 valence electrons. The third kappa shape index (κ3) is 4.21. The third-order valence-electron chi connectivity index (χ3n) is 11.1. The molecule has 0 amide bonds. The van der Waals surface area contributed by atoms with Gasteiger partial charge in [-0.1, -0.05) is 32.4 Å². The molecular formula is C32H44O9. The summed E-state index contributed by atoms with van der Waals surface area (Å²) in [6.45, 7) is 14.5. The first kappa shape index (κ1) is 31.3. The summed E-state index contributed by atoms with van der Waals surface area (Å²) in [4.78, 5) is 52.0. The second-order valence-electron chi connectivity index (χ2n) is 14.6. The number of ether oxygens (including phenoxy) is 1. The minimum absolute atomic E-state index is 0.0935. The number of fused-ring (bicyclic) bond motifs is 5. The fourth-order valence-electron chi connectivity index (χ4n) is 9.07. The summed E-state index contributed by atoms with van der Waals surface area (Å²) in [6.07, 6.45) is 3.23. The van der Waals surface area contributed by atoms with Gasteiger partial charge in [-0.25, -0.2) is 0 Å². The zero-order valence-corrected chi connectivity index (χ0v) is 25.4. The molecule has 0 aromatic heterocycles. The molecule has 41 heavy (non-hydrogen) atoms. The molecule has 9 heteroatoms. The number of esters is 1. The summed E-state index contributed by atoms with van der Waals surface area (Å²) in [5.41, 5.74) is -7.02. The summed E-state index contributed by atoms with van der Waals surface area (Å²) < 4.78 is 5.21. The summed E-state index contributed by atoms with van der Waals surface area (Å²) in [6, 6.07) is 0. The predicted molar refractivity (Wildman–Crippen MR) is 149 cm³/mol. The Balaban J connectivity index is 1.80. The van der Waals surface area contributed by atoms with Gasteiger partial charge in [0, 0.05) is 36.5 Å². The quantitative estimate of drug-likeness (QED) is 0.221. The Morgan fingerprint density at radius 3 is 2.17 bits per heavy atom. The van der Waals surface area contributed by atoms with Crippen molar-refractivity contribution in [3.63, 3.8) is 0 Å². The molecule has 0 aromatic rings. The molecule has 9 atom stereocenters. The van der Waals surface area contributed by atoms with Gasteiger partial charge in [-0.2, -0.15) is 0 Å². The molecule has 0 aromatic carbocycles. The molecule has 2 saturated carbocycles. The zero-order chi connectivity index (χ0) is 31.3. The number of carbonyl (C=O) groups is 4. The number of aliphatic hydroxyl groups excluding tert-OH is 3. The van der Waals surface area contributed by atoms with Crippen molar-refractivity contribution in [2.75, 3.05) is 0 Å². The van der Waals surface area contributed by atoms with Crippen LogP contribution in [0.4, 0.5) is 0 Å². The van der Waals surface area contributed by atoms with Crippen molar-refractivity contribution in [2.24, 2.45) is 39.4 Å². The SMILES string of the molecule is CC(=O)OC(C)(C)/C=C/C(=O)[C@](C)(O)[C@H]1[C@H](O)C[C@@]2(C)[C@@H]3[C@@H](O)C=C4[C@@H](C=C(O)C(=O)C4(C)C)[C@]3(C)C(=O)C[C@]12C. The van der Waals surface area contributed by atoms with E-state index >= 15 is 0 Å². The first-order valence-electron chi connectivity index (χ1n) is 14.2. The summed E-state index contributed by atoms with van der Waals surface area (Å²) in [5, 5.41) is 45.5. The van der Waals surface area contributed by atoms with Gasteiger partial charge in [-0.3, -0.25) is 19.2 Å². The van der Waals surface area contributed by atoms with Gasteiger partial charge in [0.1, 0.15) is 17.0 Å². The average molecular weight is 573 g/mol. The molecule has 4 aliphatic carbocycles. The molecule has 0 heterocycles. The van der Waals surface area contributed by atoms with Gasteiger partial charge < -0.3 is 25.2 Å². The monoisotopic (exact) mass is 572 g/mol. The van der Waals surface area contributed by atoms with E-state index in [9.17, 15) is 39.6 Å². The average Bonchev–Trinajstić information content (AvgIpc) is 3.01. The molecule has 0 saturated heterocycles. The predicted octanol–water partition coefficient (Wildman–Crippen LogP) is 3.16. The van der Waals surface area contributed by atoms with Crippen molar-refractivity contribution in [2.45, 2.75) is 98.6 Å². The van der Waals surface area contributed by atoms with Crippen LogP contribution < -0.4 is 0 Å². The molecular weight excluding hydrogens is 528 g/mol. The Labute approximate surface area is 241 Å². The van der Waals surface area contributed by atoms with E-state index in [0.29, 0.717) is 5.57 Å². The van der Waals surface area contributed by atoms with Crippen LogP contribution in [0, 0.1) is 39.4 Å². The normalized spacial score (nSPS) is 41.5. The zero-order valence-electron chi connectivity index (χ0n) is 25.4. The van der Waals surface area contributed by atoms with Gasteiger partial charge in [-0.15, -0.1) is 0 Å². The maximum atomic E-state index is 14.3. The van der Waals surface area contributed by atoms with Gasteiger partial charge in [0.15, 0.2) is 11.5 Å². The Morgan fingerprint density at radius 2 is 1.61 bits per heavy atom. The molecule has 4 rings (SSSR count). The van der Waals surface area contributed by atoms with E-state index in [1.54, 1.807) is 47.6 Å². The highest BCUT2D eigenvalue weighted by Crippen LogP contribution is 2.73. The fourth-order valence-corrected chi connectivity index (χ4v) is 9.07. The minimum atomic E-state index is -2.10. The maximum absolute atomic E-state index is 14.3. The molecule has 0 bridgehead atoms. The van der Waals surface area contributed by atoms with Gasteiger partial charge in [0.25, 0.3) is 0 Å². The maximum Gasteiger partial charge on any atom is 0.303 e. The first-order chi connectivity index (χ1) is 18.5. The van der Waals surface area contributed by atoms with E-state index < -0.39 is 86.1 Å². The molecule has 0 aliphatic heterocycles. The van der Waals surface area contributed by atoms with Gasteiger partial charge >= 0.3 is 5.97 Å². The number of aliphatic hydroxyl groups is 4. The summed E-state index contributed by atoms with van der Waals surface area (Å²) in [5.74, 6) is -4.83. The highest BCUT2D eigenvalue weighted by molar-refractivity contribution is 6.02. The number of rotatable bonds is 5. The Morgan fingerprint density at radius 1 is 1.02 bits per heavy atom. The Hall–Kier alpha value is -2.62. The first-order valence-corrected chi connectivity index (χ1v) is 14.2. The Kier molecular flexibility index (Phi) is 7.02. The van der Waals surface area contributed by atoms with Crippen LogP contribution in [0.1, 0.15) is 75.2 Å². The van der Waals surface area contributed by atoms with Crippen LogP contribution in [0.25, 0.3) is 0 Å². The number of hydrogen-bond acceptors (Lipinski definition) is 9. The van der Waals surface area contributed by atoms with E-state index in [-0.39, 0.29) is 18.6 Å². The van der Waals surface area contributed by atoms with Gasteiger partial charge in [-0.05, 0) is 70.1 Å². The number of carbonyl (C=O) groups excluding carboxylic acids is 4. The van der Waals surface area contributed by atoms with E-state index in [4.69, 9.17) is 4.74 Å². The van der Waals surface area contributed by atoms with E-state index in [0.717, 1.165) is 6.08 Å². The lowest BCUT2D eigenvalue weighted by atomic mass is 9.38. The van der Waals surface area contributed by atoms with Crippen LogP contribution in [-0.4, -0.2) is 67.2 Å². The van der Waals surface area contributed by atoms with Gasteiger partial charge in [0.05, 0.1) is 17.6 Å². The van der Waals surface area contributed by atoms with Crippen molar-refractivity contribution < 1.29 is 44.3 Å². The highest BCUT2D eigenvalue weighted by Gasteiger charge is 2.75. The van der Waals surface area contributed by atoms with E-state index in [1.807, 2.05) is 6.92 Å².